The molecule has 0 spiro atoms. The van der Waals surface area contributed by atoms with Crippen molar-refractivity contribution in [2.45, 2.75) is 44.2 Å². The molecule has 1 unspecified atom stereocenters. The molecule has 0 saturated heterocycles. The van der Waals surface area contributed by atoms with Gasteiger partial charge < -0.3 is 10.4 Å². The Labute approximate surface area is 109 Å². The van der Waals surface area contributed by atoms with E-state index in [1.54, 1.807) is 11.3 Å². The summed E-state index contributed by atoms with van der Waals surface area (Å²) in [6, 6.07) is 2.72. The second kappa shape index (κ2) is 6.15. The van der Waals surface area contributed by atoms with Crippen molar-refractivity contribution < 1.29 is 5.11 Å². The van der Waals surface area contributed by atoms with Gasteiger partial charge in [0.25, 0.3) is 0 Å². The maximum Gasteiger partial charge on any atom is 0.0663 e. The van der Waals surface area contributed by atoms with Gasteiger partial charge in [-0.1, -0.05) is 19.3 Å². The zero-order valence-corrected chi connectivity index (χ0v) is 11.7. The molecule has 4 heteroatoms. The standard InChI is InChI=1S/C12H18BrNOS/c13-10-6-7-16-12(10)11(8-15)14-9-4-2-1-3-5-9/h6-7,9,11,14-15H,1-5,8H2. The molecule has 0 aromatic carbocycles. The molecule has 0 amide bonds. The Hall–Kier alpha value is 0.100. The third-order valence-electron chi connectivity index (χ3n) is 3.19. The van der Waals surface area contributed by atoms with Crippen LogP contribution in [0.1, 0.15) is 43.0 Å². The van der Waals surface area contributed by atoms with Crippen LogP contribution in [0.15, 0.2) is 15.9 Å². The van der Waals surface area contributed by atoms with Crippen molar-refractivity contribution in [2.75, 3.05) is 6.61 Å². The second-order valence-corrected chi connectivity index (χ2v) is 6.17. The fraction of sp³-hybridized carbons (Fsp3) is 0.667. The van der Waals surface area contributed by atoms with Gasteiger partial charge in [0.1, 0.15) is 0 Å². The minimum atomic E-state index is 0.0949. The average Bonchev–Trinajstić information content (AvgIpc) is 2.74. The molecule has 0 radical (unpaired) electrons. The molecule has 0 aliphatic heterocycles. The first-order valence-electron chi connectivity index (χ1n) is 5.91. The van der Waals surface area contributed by atoms with Crippen LogP contribution < -0.4 is 5.32 Å². The van der Waals surface area contributed by atoms with Gasteiger partial charge in [-0.05, 0) is 40.2 Å². The van der Waals surface area contributed by atoms with E-state index in [-0.39, 0.29) is 12.6 Å². The molecule has 1 aliphatic carbocycles. The summed E-state index contributed by atoms with van der Waals surface area (Å²) in [5.74, 6) is 0. The molecular formula is C12H18BrNOS. The Morgan fingerprint density at radius 3 is 2.75 bits per heavy atom. The minimum Gasteiger partial charge on any atom is -0.394 e. The van der Waals surface area contributed by atoms with Gasteiger partial charge in [0.05, 0.1) is 12.6 Å². The molecule has 1 fully saturated rings. The first kappa shape index (κ1) is 12.6. The Kier molecular flexibility index (Phi) is 4.82. The molecule has 16 heavy (non-hydrogen) atoms. The molecule has 0 bridgehead atoms. The fourth-order valence-corrected chi connectivity index (χ4v) is 4.02. The Morgan fingerprint density at radius 2 is 2.19 bits per heavy atom. The number of hydrogen-bond donors (Lipinski definition) is 2. The summed E-state index contributed by atoms with van der Waals surface area (Å²) in [4.78, 5) is 1.22. The molecule has 90 valence electrons. The van der Waals surface area contributed by atoms with Gasteiger partial charge in [0, 0.05) is 15.4 Å². The molecule has 2 N–H and O–H groups in total. The van der Waals surface area contributed by atoms with Gasteiger partial charge in [0.2, 0.25) is 0 Å². The van der Waals surface area contributed by atoms with Crippen LogP contribution in [0.25, 0.3) is 0 Å². The van der Waals surface area contributed by atoms with Gasteiger partial charge in [-0.25, -0.2) is 0 Å². The quantitative estimate of drug-likeness (QED) is 0.893. The number of hydrogen-bond acceptors (Lipinski definition) is 3. The third kappa shape index (κ3) is 3.06. The van der Waals surface area contributed by atoms with E-state index < -0.39 is 0 Å². The highest BCUT2D eigenvalue weighted by Crippen LogP contribution is 2.30. The number of nitrogens with one attached hydrogen (secondary N) is 1. The van der Waals surface area contributed by atoms with E-state index in [1.807, 2.05) is 6.07 Å². The van der Waals surface area contributed by atoms with Gasteiger partial charge in [-0.15, -0.1) is 11.3 Å². The average molecular weight is 304 g/mol. The summed E-state index contributed by atoms with van der Waals surface area (Å²) in [6.07, 6.45) is 6.51. The van der Waals surface area contributed by atoms with Crippen LogP contribution in [0.4, 0.5) is 0 Å². The van der Waals surface area contributed by atoms with Crippen LogP contribution in [0.5, 0.6) is 0 Å². The summed E-state index contributed by atoms with van der Waals surface area (Å²) in [7, 11) is 0. The van der Waals surface area contributed by atoms with E-state index in [4.69, 9.17) is 0 Å². The number of halogens is 1. The third-order valence-corrected chi connectivity index (χ3v) is 5.17. The van der Waals surface area contributed by atoms with E-state index >= 15 is 0 Å². The number of thiophene rings is 1. The fourth-order valence-electron chi connectivity index (χ4n) is 2.32. The van der Waals surface area contributed by atoms with Crippen molar-refractivity contribution in [1.29, 1.82) is 0 Å². The minimum absolute atomic E-state index is 0.0949. The normalized spacial score (nSPS) is 19.9. The van der Waals surface area contributed by atoms with E-state index in [1.165, 1.54) is 37.0 Å². The summed E-state index contributed by atoms with van der Waals surface area (Å²) in [5, 5.41) is 15.1. The van der Waals surface area contributed by atoms with Crippen molar-refractivity contribution in [3.8, 4) is 0 Å². The highest BCUT2D eigenvalue weighted by Gasteiger charge is 2.20. The van der Waals surface area contributed by atoms with E-state index in [2.05, 4.69) is 26.6 Å². The molecule has 1 saturated carbocycles. The molecule has 2 nitrogen and oxygen atoms in total. The highest BCUT2D eigenvalue weighted by molar-refractivity contribution is 9.10. The van der Waals surface area contributed by atoms with Gasteiger partial charge in [-0.2, -0.15) is 0 Å². The maximum atomic E-state index is 9.48. The SMILES string of the molecule is OCC(NC1CCCCC1)c1sccc1Br. The molecular weight excluding hydrogens is 286 g/mol. The van der Waals surface area contributed by atoms with Crippen molar-refractivity contribution >= 4 is 27.3 Å². The van der Waals surface area contributed by atoms with E-state index in [9.17, 15) is 5.11 Å². The van der Waals surface area contributed by atoms with Crippen LogP contribution in [0, 0.1) is 0 Å². The van der Waals surface area contributed by atoms with E-state index in [0.29, 0.717) is 6.04 Å². The summed E-state index contributed by atoms with van der Waals surface area (Å²) in [6.45, 7) is 0.176. The van der Waals surface area contributed by atoms with E-state index in [0.717, 1.165) is 4.47 Å². The molecule has 1 atom stereocenters. The highest BCUT2D eigenvalue weighted by atomic mass is 79.9. The molecule has 1 aromatic rings. The van der Waals surface area contributed by atoms with Crippen LogP contribution in [0.3, 0.4) is 0 Å². The van der Waals surface area contributed by atoms with Crippen molar-refractivity contribution in [3.05, 3.63) is 20.8 Å². The number of rotatable bonds is 4. The van der Waals surface area contributed by atoms with Gasteiger partial charge >= 0.3 is 0 Å². The zero-order chi connectivity index (χ0) is 11.4. The lowest BCUT2D eigenvalue weighted by Crippen LogP contribution is -2.35. The maximum absolute atomic E-state index is 9.48. The summed E-state index contributed by atoms with van der Waals surface area (Å²) in [5.41, 5.74) is 0. The largest absolute Gasteiger partial charge is 0.394 e. The Balaban J connectivity index is 1.97. The molecule has 2 rings (SSSR count). The topological polar surface area (TPSA) is 32.3 Å². The lowest BCUT2D eigenvalue weighted by atomic mass is 9.95. The molecule has 1 heterocycles. The van der Waals surface area contributed by atoms with Crippen LogP contribution in [0.2, 0.25) is 0 Å². The monoisotopic (exact) mass is 303 g/mol. The first-order valence-corrected chi connectivity index (χ1v) is 7.58. The Morgan fingerprint density at radius 1 is 1.44 bits per heavy atom. The first-order chi connectivity index (χ1) is 7.81. The summed E-state index contributed by atoms with van der Waals surface area (Å²) >= 11 is 5.23. The lowest BCUT2D eigenvalue weighted by Gasteiger charge is -2.27. The van der Waals surface area contributed by atoms with Crippen molar-refractivity contribution in [2.24, 2.45) is 0 Å². The smallest absolute Gasteiger partial charge is 0.0663 e. The molecule has 1 aromatic heterocycles. The van der Waals surface area contributed by atoms with Crippen molar-refractivity contribution in [3.63, 3.8) is 0 Å². The Bertz CT molecular complexity index is 323. The van der Waals surface area contributed by atoms with Crippen molar-refractivity contribution in [1.82, 2.24) is 5.32 Å². The predicted molar refractivity (Wildman–Crippen MR) is 71.9 cm³/mol. The lowest BCUT2D eigenvalue weighted by molar-refractivity contribution is 0.222. The van der Waals surface area contributed by atoms with Crippen LogP contribution in [-0.2, 0) is 0 Å². The second-order valence-electron chi connectivity index (χ2n) is 4.37. The number of aliphatic hydroxyl groups is 1. The van der Waals surface area contributed by atoms with Crippen LogP contribution in [-0.4, -0.2) is 17.8 Å². The number of aliphatic hydroxyl groups excluding tert-OH is 1. The molecule has 1 aliphatic rings. The zero-order valence-electron chi connectivity index (χ0n) is 9.29. The van der Waals surface area contributed by atoms with Crippen LogP contribution >= 0.6 is 27.3 Å². The van der Waals surface area contributed by atoms with Gasteiger partial charge in [0.15, 0.2) is 0 Å². The van der Waals surface area contributed by atoms with Gasteiger partial charge in [-0.3, -0.25) is 0 Å². The predicted octanol–water partition coefficient (Wildman–Crippen LogP) is 3.47. The summed E-state index contributed by atoms with van der Waals surface area (Å²) < 4.78 is 1.11.